The molecule has 0 aromatic carbocycles. The van der Waals surface area contributed by atoms with Gasteiger partial charge < -0.3 is 0 Å². The molecule has 1 unspecified atom stereocenters. The Hall–Kier alpha value is -0.540. The summed E-state index contributed by atoms with van der Waals surface area (Å²) in [6.07, 6.45) is 0. The molecule has 0 fully saturated rings. The van der Waals surface area contributed by atoms with E-state index >= 15 is 0 Å². The summed E-state index contributed by atoms with van der Waals surface area (Å²) < 4.78 is 0. The van der Waals surface area contributed by atoms with Crippen molar-refractivity contribution >= 4 is 12.6 Å². The summed E-state index contributed by atoms with van der Waals surface area (Å²) in [5.41, 5.74) is 2.26. The minimum Gasteiger partial charge on any atom is -0.297 e. The second-order valence-electron chi connectivity index (χ2n) is 5.28. The maximum Gasteiger partial charge on any atom is 0.0547 e. The Morgan fingerprint density at radius 1 is 1.33 bits per heavy atom. The maximum absolute atomic E-state index is 4.58. The van der Waals surface area contributed by atoms with E-state index < -0.39 is 0 Å². The van der Waals surface area contributed by atoms with Gasteiger partial charge in [0.15, 0.2) is 0 Å². The van der Waals surface area contributed by atoms with Crippen LogP contribution in [0.1, 0.15) is 32.2 Å². The molecule has 1 heterocycles. The first-order valence-electron chi connectivity index (χ1n) is 6.82. The summed E-state index contributed by atoms with van der Waals surface area (Å²) >= 11 is 4.47. The van der Waals surface area contributed by atoms with Crippen molar-refractivity contribution in [1.29, 1.82) is 0 Å². The second kappa shape index (κ2) is 7.80. The summed E-state index contributed by atoms with van der Waals surface area (Å²) in [4.78, 5) is 7.04. The van der Waals surface area contributed by atoms with Crippen LogP contribution in [0.3, 0.4) is 0 Å². The van der Waals surface area contributed by atoms with Gasteiger partial charge in [0, 0.05) is 18.8 Å². The highest BCUT2D eigenvalue weighted by atomic mass is 32.1. The Labute approximate surface area is 117 Å². The average Bonchev–Trinajstić information content (AvgIpc) is 2.34. The lowest BCUT2D eigenvalue weighted by atomic mass is 9.97. The zero-order valence-electron chi connectivity index (χ0n) is 12.1. The predicted molar refractivity (Wildman–Crippen MR) is 82.1 cm³/mol. The zero-order valence-corrected chi connectivity index (χ0v) is 13.0. The molecule has 0 spiro atoms. The van der Waals surface area contributed by atoms with E-state index in [-0.39, 0.29) is 0 Å². The Kier molecular flexibility index (Phi) is 6.72. The van der Waals surface area contributed by atoms with E-state index in [1.54, 1.807) is 0 Å². The third-order valence-electron chi connectivity index (χ3n) is 3.45. The van der Waals surface area contributed by atoms with Crippen LogP contribution in [0, 0.1) is 18.8 Å². The van der Waals surface area contributed by atoms with E-state index in [1.165, 1.54) is 5.69 Å². The van der Waals surface area contributed by atoms with Crippen LogP contribution in [0.4, 0.5) is 0 Å². The third-order valence-corrected chi connectivity index (χ3v) is 3.92. The Balaban J connectivity index is 2.61. The lowest BCUT2D eigenvalue weighted by molar-refractivity contribution is 0.214. The Morgan fingerprint density at radius 3 is 2.56 bits per heavy atom. The molecule has 1 aromatic rings. The predicted octanol–water partition coefficient (Wildman–Crippen LogP) is 3.41. The van der Waals surface area contributed by atoms with Gasteiger partial charge in [0.2, 0.25) is 0 Å². The van der Waals surface area contributed by atoms with Crippen molar-refractivity contribution in [2.75, 3.05) is 18.8 Å². The molecule has 0 saturated carbocycles. The fourth-order valence-electron chi connectivity index (χ4n) is 2.03. The number of pyridine rings is 1. The highest BCUT2D eigenvalue weighted by Crippen LogP contribution is 2.15. The van der Waals surface area contributed by atoms with Crippen molar-refractivity contribution in [2.24, 2.45) is 11.8 Å². The third kappa shape index (κ3) is 4.99. The first kappa shape index (κ1) is 15.5. The topological polar surface area (TPSA) is 16.1 Å². The van der Waals surface area contributed by atoms with Crippen molar-refractivity contribution in [3.8, 4) is 0 Å². The maximum atomic E-state index is 4.58. The molecule has 1 atom stereocenters. The fraction of sp³-hybridized carbons (Fsp3) is 0.667. The van der Waals surface area contributed by atoms with Crippen molar-refractivity contribution in [3.05, 3.63) is 29.6 Å². The van der Waals surface area contributed by atoms with Gasteiger partial charge in [-0.05, 0) is 43.2 Å². The Morgan fingerprint density at radius 2 is 2.06 bits per heavy atom. The standard InChI is InChI=1S/C15H26N2S/c1-5-17(9-14(11-18)12(2)3)10-15-8-6-7-13(4)16-15/h6-8,12,14,18H,5,9-11H2,1-4H3. The van der Waals surface area contributed by atoms with E-state index in [0.29, 0.717) is 11.8 Å². The summed E-state index contributed by atoms with van der Waals surface area (Å²) in [7, 11) is 0. The van der Waals surface area contributed by atoms with Crippen LogP contribution < -0.4 is 0 Å². The van der Waals surface area contributed by atoms with E-state index in [1.807, 2.05) is 13.0 Å². The molecule has 0 aliphatic carbocycles. The molecule has 0 radical (unpaired) electrons. The van der Waals surface area contributed by atoms with Gasteiger partial charge in [0.05, 0.1) is 5.69 Å². The number of hydrogen-bond acceptors (Lipinski definition) is 3. The fourth-order valence-corrected chi connectivity index (χ4v) is 2.57. The van der Waals surface area contributed by atoms with Gasteiger partial charge in [-0.15, -0.1) is 0 Å². The number of aryl methyl sites for hydroxylation is 1. The van der Waals surface area contributed by atoms with E-state index in [9.17, 15) is 0 Å². The molecule has 0 aliphatic heterocycles. The van der Waals surface area contributed by atoms with Crippen LogP contribution in [-0.2, 0) is 6.54 Å². The number of rotatable bonds is 7. The van der Waals surface area contributed by atoms with Crippen LogP contribution >= 0.6 is 12.6 Å². The molecule has 3 heteroatoms. The summed E-state index contributed by atoms with van der Waals surface area (Å²) in [5.74, 6) is 2.29. The molecule has 0 saturated heterocycles. The van der Waals surface area contributed by atoms with Crippen molar-refractivity contribution in [1.82, 2.24) is 9.88 Å². The van der Waals surface area contributed by atoms with Crippen LogP contribution in [0.15, 0.2) is 18.2 Å². The molecule has 2 nitrogen and oxygen atoms in total. The molecule has 102 valence electrons. The molecule has 0 bridgehead atoms. The largest absolute Gasteiger partial charge is 0.297 e. The van der Waals surface area contributed by atoms with Crippen molar-refractivity contribution in [2.45, 2.75) is 34.2 Å². The van der Waals surface area contributed by atoms with Gasteiger partial charge >= 0.3 is 0 Å². The number of thiol groups is 1. The molecular weight excluding hydrogens is 240 g/mol. The summed E-state index contributed by atoms with van der Waals surface area (Å²) in [6, 6.07) is 6.25. The van der Waals surface area contributed by atoms with E-state index in [0.717, 1.165) is 31.1 Å². The van der Waals surface area contributed by atoms with Gasteiger partial charge in [-0.2, -0.15) is 12.6 Å². The van der Waals surface area contributed by atoms with E-state index in [4.69, 9.17) is 0 Å². The van der Waals surface area contributed by atoms with Crippen LogP contribution in [-0.4, -0.2) is 28.7 Å². The van der Waals surface area contributed by atoms with Crippen LogP contribution in [0.2, 0.25) is 0 Å². The highest BCUT2D eigenvalue weighted by Gasteiger charge is 2.15. The lowest BCUT2D eigenvalue weighted by Gasteiger charge is -2.27. The van der Waals surface area contributed by atoms with Gasteiger partial charge in [-0.1, -0.05) is 26.8 Å². The van der Waals surface area contributed by atoms with Gasteiger partial charge in [-0.25, -0.2) is 0 Å². The number of hydrogen-bond donors (Lipinski definition) is 1. The van der Waals surface area contributed by atoms with Gasteiger partial charge in [0.25, 0.3) is 0 Å². The summed E-state index contributed by atoms with van der Waals surface area (Å²) in [5, 5.41) is 0. The average molecular weight is 266 g/mol. The number of aromatic nitrogens is 1. The second-order valence-corrected chi connectivity index (χ2v) is 5.65. The smallest absolute Gasteiger partial charge is 0.0547 e. The van der Waals surface area contributed by atoms with Crippen LogP contribution in [0.5, 0.6) is 0 Å². The first-order chi connectivity index (χ1) is 8.56. The minimum atomic E-state index is 0.651. The van der Waals surface area contributed by atoms with Gasteiger partial charge in [-0.3, -0.25) is 9.88 Å². The molecule has 0 N–H and O–H groups in total. The molecule has 0 aliphatic rings. The number of nitrogens with zero attached hydrogens (tertiary/aromatic N) is 2. The molecule has 18 heavy (non-hydrogen) atoms. The minimum absolute atomic E-state index is 0.651. The summed E-state index contributed by atoms with van der Waals surface area (Å²) in [6.45, 7) is 11.9. The lowest BCUT2D eigenvalue weighted by Crippen LogP contribution is -2.32. The quantitative estimate of drug-likeness (QED) is 0.761. The molecule has 0 amide bonds. The van der Waals surface area contributed by atoms with Crippen LogP contribution in [0.25, 0.3) is 0 Å². The highest BCUT2D eigenvalue weighted by molar-refractivity contribution is 7.80. The Bertz CT molecular complexity index is 352. The molecular formula is C15H26N2S. The molecule has 1 rings (SSSR count). The first-order valence-corrected chi connectivity index (χ1v) is 7.45. The van der Waals surface area contributed by atoms with Gasteiger partial charge in [0.1, 0.15) is 0 Å². The zero-order chi connectivity index (χ0) is 13.5. The monoisotopic (exact) mass is 266 g/mol. The van der Waals surface area contributed by atoms with E-state index in [2.05, 4.69) is 55.4 Å². The molecule has 1 aromatic heterocycles. The van der Waals surface area contributed by atoms with Crippen molar-refractivity contribution < 1.29 is 0 Å². The normalized spacial score (nSPS) is 13.3. The van der Waals surface area contributed by atoms with Crippen molar-refractivity contribution in [3.63, 3.8) is 0 Å². The SMILES string of the molecule is CCN(Cc1cccc(C)n1)CC(CS)C(C)C.